The number of rotatable bonds is 4. The number of halogens is 2. The van der Waals surface area contributed by atoms with Gasteiger partial charge < -0.3 is 5.32 Å². The van der Waals surface area contributed by atoms with Gasteiger partial charge in [0.15, 0.2) is 11.6 Å². The van der Waals surface area contributed by atoms with Crippen LogP contribution in [0.15, 0.2) is 36.4 Å². The smallest absolute Gasteiger partial charge is 0.159 e. The molecule has 0 aromatic heterocycles. The minimum absolute atomic E-state index is 0.656. The van der Waals surface area contributed by atoms with E-state index in [1.807, 2.05) is 13.0 Å². The zero-order chi connectivity index (χ0) is 14.1. The first-order valence-electron chi connectivity index (χ1n) is 6.92. The highest BCUT2D eigenvalue weighted by molar-refractivity contribution is 5.68. The van der Waals surface area contributed by atoms with E-state index in [1.165, 1.54) is 30.5 Å². The molecule has 1 aliphatic rings. The summed E-state index contributed by atoms with van der Waals surface area (Å²) in [6, 6.07) is 10.9. The minimum Gasteiger partial charge on any atom is -0.310 e. The van der Waals surface area contributed by atoms with Crippen molar-refractivity contribution in [2.75, 3.05) is 0 Å². The Morgan fingerprint density at radius 3 is 2.55 bits per heavy atom. The Hall–Kier alpha value is -1.74. The van der Waals surface area contributed by atoms with Crippen molar-refractivity contribution in [3.63, 3.8) is 0 Å². The maximum absolute atomic E-state index is 13.4. The molecule has 0 bridgehead atoms. The van der Waals surface area contributed by atoms with Gasteiger partial charge in [0.2, 0.25) is 0 Å². The van der Waals surface area contributed by atoms with Crippen molar-refractivity contribution in [1.29, 1.82) is 0 Å². The average molecular weight is 273 g/mol. The highest BCUT2D eigenvalue weighted by atomic mass is 19.2. The van der Waals surface area contributed by atoms with Crippen LogP contribution in [0.4, 0.5) is 8.78 Å². The summed E-state index contributed by atoms with van der Waals surface area (Å²) in [6.07, 6.45) is 2.50. The van der Waals surface area contributed by atoms with Gasteiger partial charge in [0.05, 0.1) is 0 Å². The molecule has 20 heavy (non-hydrogen) atoms. The maximum Gasteiger partial charge on any atom is 0.159 e. The summed E-state index contributed by atoms with van der Waals surface area (Å²) in [5.74, 6) is -1.61. The second-order valence-electron chi connectivity index (χ2n) is 5.43. The van der Waals surface area contributed by atoms with Crippen LogP contribution >= 0.6 is 0 Å². The van der Waals surface area contributed by atoms with Crippen LogP contribution in [0.3, 0.4) is 0 Å². The van der Waals surface area contributed by atoms with Crippen LogP contribution < -0.4 is 5.32 Å². The van der Waals surface area contributed by atoms with Crippen molar-refractivity contribution in [3.8, 4) is 11.1 Å². The summed E-state index contributed by atoms with van der Waals surface area (Å²) >= 11 is 0. The first-order chi connectivity index (χ1) is 9.63. The van der Waals surface area contributed by atoms with Gasteiger partial charge in [-0.25, -0.2) is 8.78 Å². The summed E-state index contributed by atoms with van der Waals surface area (Å²) in [5.41, 5.74) is 3.90. The van der Waals surface area contributed by atoms with Crippen molar-refractivity contribution < 1.29 is 8.78 Å². The third-order valence-corrected chi connectivity index (χ3v) is 3.70. The summed E-state index contributed by atoms with van der Waals surface area (Å²) in [4.78, 5) is 0. The molecule has 0 atom stereocenters. The fourth-order valence-corrected chi connectivity index (χ4v) is 2.30. The maximum atomic E-state index is 13.4. The van der Waals surface area contributed by atoms with E-state index >= 15 is 0 Å². The lowest BCUT2D eigenvalue weighted by molar-refractivity contribution is 0.509. The molecule has 2 aromatic rings. The molecule has 0 saturated heterocycles. The Morgan fingerprint density at radius 2 is 1.85 bits per heavy atom. The molecule has 1 N–H and O–H groups in total. The van der Waals surface area contributed by atoms with Gasteiger partial charge in [-0.3, -0.25) is 0 Å². The molecule has 0 amide bonds. The van der Waals surface area contributed by atoms with E-state index in [9.17, 15) is 8.78 Å². The van der Waals surface area contributed by atoms with Crippen molar-refractivity contribution in [2.24, 2.45) is 0 Å². The van der Waals surface area contributed by atoms with Crippen LogP contribution in [-0.4, -0.2) is 6.04 Å². The lowest BCUT2D eigenvalue weighted by Gasteiger charge is -2.10. The molecule has 3 heteroatoms. The highest BCUT2D eigenvalue weighted by Crippen LogP contribution is 2.27. The molecule has 0 radical (unpaired) electrons. The zero-order valence-electron chi connectivity index (χ0n) is 11.4. The third-order valence-electron chi connectivity index (χ3n) is 3.70. The normalized spacial score (nSPS) is 14.6. The quantitative estimate of drug-likeness (QED) is 0.880. The van der Waals surface area contributed by atoms with Crippen LogP contribution in [0.5, 0.6) is 0 Å². The number of hydrogen-bond donors (Lipinski definition) is 1. The lowest BCUT2D eigenvalue weighted by Crippen LogP contribution is -2.15. The molecule has 0 spiro atoms. The molecule has 1 saturated carbocycles. The van der Waals surface area contributed by atoms with Gasteiger partial charge in [-0.05, 0) is 60.2 Å². The van der Waals surface area contributed by atoms with Crippen molar-refractivity contribution >= 4 is 0 Å². The van der Waals surface area contributed by atoms with E-state index in [-0.39, 0.29) is 0 Å². The van der Waals surface area contributed by atoms with Crippen molar-refractivity contribution in [2.45, 2.75) is 32.4 Å². The average Bonchev–Trinajstić information content (AvgIpc) is 3.25. The second-order valence-corrected chi connectivity index (χ2v) is 5.43. The fourth-order valence-electron chi connectivity index (χ4n) is 2.30. The standard InChI is InChI=1S/C17H17F2N/c1-11-2-3-12(10-20-14-5-6-14)8-15(11)13-4-7-16(18)17(19)9-13/h2-4,7-9,14,20H,5-6,10H2,1H3. The molecule has 0 heterocycles. The summed E-state index contributed by atoms with van der Waals surface area (Å²) in [7, 11) is 0. The molecule has 0 unspecified atom stereocenters. The van der Waals surface area contributed by atoms with E-state index in [0.29, 0.717) is 6.04 Å². The number of benzene rings is 2. The molecule has 1 nitrogen and oxygen atoms in total. The molecular formula is C17H17F2N. The van der Waals surface area contributed by atoms with Gasteiger partial charge in [0.25, 0.3) is 0 Å². The molecule has 1 aliphatic carbocycles. The van der Waals surface area contributed by atoms with E-state index in [1.54, 1.807) is 6.07 Å². The van der Waals surface area contributed by atoms with Gasteiger partial charge in [-0.15, -0.1) is 0 Å². The Morgan fingerprint density at radius 1 is 1.05 bits per heavy atom. The monoisotopic (exact) mass is 273 g/mol. The van der Waals surface area contributed by atoms with Gasteiger partial charge in [-0.1, -0.05) is 18.2 Å². The number of aryl methyl sites for hydroxylation is 1. The number of hydrogen-bond acceptors (Lipinski definition) is 1. The van der Waals surface area contributed by atoms with E-state index in [4.69, 9.17) is 0 Å². The summed E-state index contributed by atoms with van der Waals surface area (Å²) in [5, 5.41) is 3.46. The van der Waals surface area contributed by atoms with Crippen LogP contribution in [0, 0.1) is 18.6 Å². The van der Waals surface area contributed by atoms with E-state index < -0.39 is 11.6 Å². The van der Waals surface area contributed by atoms with Crippen molar-refractivity contribution in [1.82, 2.24) is 5.32 Å². The largest absolute Gasteiger partial charge is 0.310 e. The van der Waals surface area contributed by atoms with E-state index in [2.05, 4.69) is 17.4 Å². The van der Waals surface area contributed by atoms with Crippen LogP contribution in [0.25, 0.3) is 11.1 Å². The second kappa shape index (κ2) is 5.33. The molecule has 0 aliphatic heterocycles. The van der Waals surface area contributed by atoms with Crippen LogP contribution in [0.2, 0.25) is 0 Å². The number of nitrogens with one attached hydrogen (secondary N) is 1. The first-order valence-corrected chi connectivity index (χ1v) is 6.92. The fraction of sp³-hybridized carbons (Fsp3) is 0.294. The van der Waals surface area contributed by atoms with Gasteiger partial charge >= 0.3 is 0 Å². The first kappa shape index (κ1) is 13.3. The third kappa shape index (κ3) is 2.88. The molecule has 3 rings (SSSR count). The van der Waals surface area contributed by atoms with Crippen molar-refractivity contribution in [3.05, 3.63) is 59.2 Å². The Balaban J connectivity index is 1.89. The lowest BCUT2D eigenvalue weighted by atomic mass is 9.98. The predicted molar refractivity (Wildman–Crippen MR) is 76.4 cm³/mol. The zero-order valence-corrected chi connectivity index (χ0v) is 11.4. The summed E-state index contributed by atoms with van der Waals surface area (Å²) < 4.78 is 26.4. The van der Waals surface area contributed by atoms with Crippen LogP contribution in [0.1, 0.15) is 24.0 Å². The van der Waals surface area contributed by atoms with Gasteiger partial charge in [-0.2, -0.15) is 0 Å². The van der Waals surface area contributed by atoms with Crippen LogP contribution in [-0.2, 0) is 6.54 Å². The molecule has 1 fully saturated rings. The Kier molecular flexibility index (Phi) is 3.53. The Bertz CT molecular complexity index is 633. The predicted octanol–water partition coefficient (Wildman–Crippen LogP) is 4.19. The molecule has 104 valence electrons. The SMILES string of the molecule is Cc1ccc(CNC2CC2)cc1-c1ccc(F)c(F)c1. The topological polar surface area (TPSA) is 12.0 Å². The highest BCUT2D eigenvalue weighted by Gasteiger charge is 2.20. The molecular weight excluding hydrogens is 256 g/mol. The molecule has 2 aromatic carbocycles. The summed E-state index contributed by atoms with van der Waals surface area (Å²) in [6.45, 7) is 2.80. The van der Waals surface area contributed by atoms with Gasteiger partial charge in [0.1, 0.15) is 0 Å². The van der Waals surface area contributed by atoms with Gasteiger partial charge in [0, 0.05) is 12.6 Å². The minimum atomic E-state index is -0.807. The van der Waals surface area contributed by atoms with E-state index in [0.717, 1.165) is 23.2 Å². The Labute approximate surface area is 117 Å².